The van der Waals surface area contributed by atoms with Gasteiger partial charge < -0.3 is 64.2 Å². The third kappa shape index (κ3) is 22.6. The maximum absolute atomic E-state index is 12.9. The van der Waals surface area contributed by atoms with E-state index in [9.17, 15) is 40.5 Å². The molecule has 0 aliphatic carbocycles. The second-order valence-electron chi connectivity index (χ2n) is 15.5. The van der Waals surface area contributed by atoms with Gasteiger partial charge in [0.25, 0.3) is 0 Å². The Morgan fingerprint density at radius 3 is 1.73 bits per heavy atom. The third-order valence-electron chi connectivity index (χ3n) is 10.4. The lowest BCUT2D eigenvalue weighted by molar-refractivity contribution is -0.332. The summed E-state index contributed by atoms with van der Waals surface area (Å²) in [7, 11) is 0. The number of aliphatic hydroxyl groups is 7. The van der Waals surface area contributed by atoms with Crippen LogP contribution in [0.3, 0.4) is 0 Å². The molecule has 0 bridgehead atoms. The molecular formula is C45H78O14. The van der Waals surface area contributed by atoms with E-state index in [0.717, 1.165) is 70.6 Å². The predicted octanol–water partition coefficient (Wildman–Crippen LogP) is 4.84. The van der Waals surface area contributed by atoms with E-state index in [2.05, 4.69) is 62.5 Å². The Bertz CT molecular complexity index is 1160. The first-order valence-corrected chi connectivity index (χ1v) is 22.2. The van der Waals surface area contributed by atoms with Gasteiger partial charge in [-0.1, -0.05) is 120 Å². The van der Waals surface area contributed by atoms with Crippen molar-refractivity contribution in [3.63, 3.8) is 0 Å². The number of ether oxygens (including phenoxy) is 6. The van der Waals surface area contributed by atoms with Gasteiger partial charge in [0.2, 0.25) is 0 Å². The van der Waals surface area contributed by atoms with Crippen LogP contribution in [0.1, 0.15) is 129 Å². The van der Waals surface area contributed by atoms with Crippen LogP contribution in [0.2, 0.25) is 0 Å². The second kappa shape index (κ2) is 33.6. The van der Waals surface area contributed by atoms with Gasteiger partial charge in [-0.25, -0.2) is 0 Å². The van der Waals surface area contributed by atoms with Crippen LogP contribution >= 0.6 is 0 Å². The van der Waals surface area contributed by atoms with Gasteiger partial charge in [0, 0.05) is 13.0 Å². The maximum atomic E-state index is 12.9. The minimum atomic E-state index is -1.71. The summed E-state index contributed by atoms with van der Waals surface area (Å²) in [5, 5.41) is 71.8. The Hall–Kier alpha value is -2.05. The van der Waals surface area contributed by atoms with E-state index in [4.69, 9.17) is 28.4 Å². The molecule has 11 atom stereocenters. The first-order valence-electron chi connectivity index (χ1n) is 22.2. The molecule has 59 heavy (non-hydrogen) atoms. The standard InChI is InChI=1S/C45H78O14/c1-3-5-7-9-11-13-14-15-16-17-18-19-20-21-22-24-26-28-37(47)57-34(31-54-29-27-25-23-12-10-8-6-4-2)32-55-44-43(53)41(51)39(49)36(59-44)33-56-45-42(52)40(50)38(48)35(30-46)58-45/h5,7,11,13,15-16,18-19,34-36,38-46,48-53H,3-4,6,8-10,12,14,17,20-33H2,1-2H3/b7-5-,13-11-,16-15-,19-18-. The Morgan fingerprint density at radius 1 is 0.576 bits per heavy atom. The van der Waals surface area contributed by atoms with Crippen molar-refractivity contribution in [2.75, 3.05) is 33.0 Å². The van der Waals surface area contributed by atoms with Gasteiger partial charge in [-0.15, -0.1) is 0 Å². The first kappa shape index (κ1) is 53.1. The molecule has 0 radical (unpaired) electrons. The van der Waals surface area contributed by atoms with Crippen molar-refractivity contribution in [1.82, 2.24) is 0 Å². The van der Waals surface area contributed by atoms with Crippen LogP contribution in [0.4, 0.5) is 0 Å². The number of aliphatic hydroxyl groups excluding tert-OH is 7. The largest absolute Gasteiger partial charge is 0.457 e. The van der Waals surface area contributed by atoms with Gasteiger partial charge in [0.15, 0.2) is 12.6 Å². The van der Waals surface area contributed by atoms with Crippen LogP contribution in [0.15, 0.2) is 48.6 Å². The first-order chi connectivity index (χ1) is 28.6. The molecule has 0 aromatic rings. The lowest BCUT2D eigenvalue weighted by Crippen LogP contribution is -2.61. The number of allylic oxidation sites excluding steroid dienone is 8. The molecule has 0 spiro atoms. The van der Waals surface area contributed by atoms with Crippen LogP contribution in [0.25, 0.3) is 0 Å². The molecular weight excluding hydrogens is 764 g/mol. The Labute approximate surface area is 352 Å². The highest BCUT2D eigenvalue weighted by Gasteiger charge is 2.47. The van der Waals surface area contributed by atoms with E-state index in [-0.39, 0.29) is 19.6 Å². The number of unbranched alkanes of at least 4 members (excludes halogenated alkanes) is 11. The Kier molecular flexibility index (Phi) is 30.2. The summed E-state index contributed by atoms with van der Waals surface area (Å²) in [5.74, 6) is -0.403. The quantitative estimate of drug-likeness (QED) is 0.0268. The van der Waals surface area contributed by atoms with Gasteiger partial charge in [0.1, 0.15) is 54.9 Å². The van der Waals surface area contributed by atoms with E-state index in [1.165, 1.54) is 32.1 Å². The van der Waals surface area contributed by atoms with Crippen molar-refractivity contribution in [3.8, 4) is 0 Å². The fourth-order valence-electron chi connectivity index (χ4n) is 6.69. The average Bonchev–Trinajstić information content (AvgIpc) is 3.23. The van der Waals surface area contributed by atoms with E-state index in [0.29, 0.717) is 13.0 Å². The molecule has 7 N–H and O–H groups in total. The van der Waals surface area contributed by atoms with Crippen LogP contribution in [0.5, 0.6) is 0 Å². The number of carbonyl (C=O) groups is 1. The summed E-state index contributed by atoms with van der Waals surface area (Å²) in [6, 6.07) is 0. The summed E-state index contributed by atoms with van der Waals surface area (Å²) in [6.45, 7) is 3.48. The molecule has 14 nitrogen and oxygen atoms in total. The summed E-state index contributed by atoms with van der Waals surface area (Å²) in [4.78, 5) is 12.9. The normalized spacial score (nSPS) is 28.4. The fourth-order valence-corrected chi connectivity index (χ4v) is 6.69. The minimum absolute atomic E-state index is 0.0503. The fraction of sp³-hybridized carbons (Fsp3) is 0.800. The molecule has 2 saturated heterocycles. The third-order valence-corrected chi connectivity index (χ3v) is 10.4. The smallest absolute Gasteiger partial charge is 0.306 e. The summed E-state index contributed by atoms with van der Waals surface area (Å²) >= 11 is 0. The minimum Gasteiger partial charge on any atom is -0.457 e. The zero-order valence-electron chi connectivity index (χ0n) is 35.7. The lowest BCUT2D eigenvalue weighted by Gasteiger charge is -2.42. The number of hydrogen-bond acceptors (Lipinski definition) is 14. The average molecular weight is 843 g/mol. The van der Waals surface area contributed by atoms with Crippen molar-refractivity contribution < 1.29 is 69.0 Å². The van der Waals surface area contributed by atoms with E-state index in [1.54, 1.807) is 0 Å². The van der Waals surface area contributed by atoms with Gasteiger partial charge in [0.05, 0.1) is 26.4 Å². The van der Waals surface area contributed by atoms with Crippen molar-refractivity contribution in [2.45, 2.75) is 197 Å². The van der Waals surface area contributed by atoms with Gasteiger partial charge >= 0.3 is 5.97 Å². The van der Waals surface area contributed by atoms with Gasteiger partial charge in [-0.3, -0.25) is 4.79 Å². The summed E-state index contributed by atoms with van der Waals surface area (Å²) in [6.07, 6.45) is 19.1. The monoisotopic (exact) mass is 843 g/mol. The van der Waals surface area contributed by atoms with Crippen molar-refractivity contribution in [1.29, 1.82) is 0 Å². The van der Waals surface area contributed by atoms with Crippen LogP contribution in [-0.4, -0.2) is 142 Å². The van der Waals surface area contributed by atoms with Gasteiger partial charge in [-0.05, 0) is 51.4 Å². The van der Waals surface area contributed by atoms with Gasteiger partial charge in [-0.2, -0.15) is 0 Å². The van der Waals surface area contributed by atoms with Crippen LogP contribution in [0, 0.1) is 0 Å². The molecule has 2 fully saturated rings. The Balaban J connectivity index is 1.81. The second-order valence-corrected chi connectivity index (χ2v) is 15.5. The van der Waals surface area contributed by atoms with Crippen LogP contribution < -0.4 is 0 Å². The van der Waals surface area contributed by atoms with E-state index >= 15 is 0 Å². The Morgan fingerprint density at radius 2 is 1.10 bits per heavy atom. The van der Waals surface area contributed by atoms with Crippen LogP contribution in [-0.2, 0) is 33.2 Å². The number of esters is 1. The molecule has 2 rings (SSSR count). The highest BCUT2D eigenvalue weighted by atomic mass is 16.7. The highest BCUT2D eigenvalue weighted by molar-refractivity contribution is 5.69. The van der Waals surface area contributed by atoms with Crippen molar-refractivity contribution >= 4 is 5.97 Å². The zero-order valence-corrected chi connectivity index (χ0v) is 35.7. The number of carbonyl (C=O) groups excluding carboxylic acids is 1. The molecule has 0 aromatic carbocycles. The number of rotatable bonds is 33. The molecule has 2 aliphatic rings. The van der Waals surface area contributed by atoms with E-state index < -0.39 is 86.7 Å². The van der Waals surface area contributed by atoms with Crippen molar-refractivity contribution in [2.24, 2.45) is 0 Å². The molecule has 2 aliphatic heterocycles. The zero-order chi connectivity index (χ0) is 43.1. The highest BCUT2D eigenvalue weighted by Crippen LogP contribution is 2.26. The topological polar surface area (TPSA) is 214 Å². The molecule has 0 saturated carbocycles. The van der Waals surface area contributed by atoms with Crippen molar-refractivity contribution in [3.05, 3.63) is 48.6 Å². The number of hydrogen-bond donors (Lipinski definition) is 7. The lowest BCUT2D eigenvalue weighted by atomic mass is 9.98. The molecule has 0 aromatic heterocycles. The summed E-state index contributed by atoms with van der Waals surface area (Å²) in [5.41, 5.74) is 0. The molecule has 14 heteroatoms. The van der Waals surface area contributed by atoms with E-state index in [1.807, 2.05) is 0 Å². The SMILES string of the molecule is CC/C=C\C/C=C\C/C=C\C/C=C\CCCCCCC(=O)OC(COCCCCCCCCCC)COC1OC(COC2OC(CO)C(O)C(O)C2O)C(O)C(O)C1O. The molecule has 0 amide bonds. The maximum Gasteiger partial charge on any atom is 0.306 e. The summed E-state index contributed by atoms with van der Waals surface area (Å²) < 4.78 is 34.0. The molecule has 11 unspecified atom stereocenters. The predicted molar refractivity (Wildman–Crippen MR) is 224 cm³/mol. The molecule has 2 heterocycles. The molecule has 342 valence electrons.